The zero-order valence-electron chi connectivity index (χ0n) is 12.3. The first-order valence-electron chi connectivity index (χ1n) is 7.44. The molecule has 0 radical (unpaired) electrons. The van der Waals surface area contributed by atoms with Crippen LogP contribution in [0.4, 0.5) is 0 Å². The van der Waals surface area contributed by atoms with Crippen molar-refractivity contribution in [3.8, 4) is 6.07 Å². The highest BCUT2D eigenvalue weighted by Gasteiger charge is 2.07. The molecule has 3 rings (SSSR count). The number of fused-ring (bicyclic) bond motifs is 1. The summed E-state index contributed by atoms with van der Waals surface area (Å²) in [5.41, 5.74) is 3.26. The molecule has 0 unspecified atom stereocenters. The Bertz CT molecular complexity index is 823. The SMILES string of the molecule is N#CCCCn1c(/C=C/c2ccccc2)nc2ccccc21. The summed E-state index contributed by atoms with van der Waals surface area (Å²) in [5, 5.41) is 8.74. The fourth-order valence-corrected chi connectivity index (χ4v) is 2.51. The number of aromatic nitrogens is 2. The van der Waals surface area contributed by atoms with Gasteiger partial charge in [-0.15, -0.1) is 0 Å². The summed E-state index contributed by atoms with van der Waals surface area (Å²) in [4.78, 5) is 4.70. The van der Waals surface area contributed by atoms with E-state index in [1.807, 2.05) is 42.5 Å². The third-order valence-electron chi connectivity index (χ3n) is 3.58. The molecule has 3 nitrogen and oxygen atoms in total. The predicted octanol–water partition coefficient (Wildman–Crippen LogP) is 4.51. The monoisotopic (exact) mass is 287 g/mol. The van der Waals surface area contributed by atoms with Gasteiger partial charge >= 0.3 is 0 Å². The van der Waals surface area contributed by atoms with E-state index >= 15 is 0 Å². The summed E-state index contributed by atoms with van der Waals surface area (Å²) >= 11 is 0. The Labute approximate surface area is 130 Å². The van der Waals surface area contributed by atoms with Gasteiger partial charge in [0.25, 0.3) is 0 Å². The molecule has 3 heteroatoms. The van der Waals surface area contributed by atoms with Crippen molar-refractivity contribution in [2.45, 2.75) is 19.4 Å². The number of imidazole rings is 1. The summed E-state index contributed by atoms with van der Waals surface area (Å²) in [5.74, 6) is 0.933. The Balaban J connectivity index is 1.95. The molecule has 0 amide bonds. The van der Waals surface area contributed by atoms with Crippen LogP contribution in [0.2, 0.25) is 0 Å². The average Bonchev–Trinajstić information content (AvgIpc) is 2.92. The second kappa shape index (κ2) is 6.73. The van der Waals surface area contributed by atoms with Gasteiger partial charge in [0.05, 0.1) is 17.1 Å². The Morgan fingerprint density at radius 2 is 1.77 bits per heavy atom. The fraction of sp³-hybridized carbons (Fsp3) is 0.158. The van der Waals surface area contributed by atoms with Crippen LogP contribution in [0.15, 0.2) is 54.6 Å². The molecular weight excluding hydrogens is 270 g/mol. The van der Waals surface area contributed by atoms with Crippen molar-refractivity contribution >= 4 is 23.2 Å². The molecule has 1 heterocycles. The number of unbranched alkanes of at least 4 members (excludes halogenated alkanes) is 1. The Morgan fingerprint density at radius 3 is 2.59 bits per heavy atom. The van der Waals surface area contributed by atoms with Crippen molar-refractivity contribution in [1.82, 2.24) is 9.55 Å². The van der Waals surface area contributed by atoms with Crippen LogP contribution < -0.4 is 0 Å². The van der Waals surface area contributed by atoms with Crippen molar-refractivity contribution in [1.29, 1.82) is 5.26 Å². The van der Waals surface area contributed by atoms with E-state index in [2.05, 4.69) is 34.9 Å². The van der Waals surface area contributed by atoms with Gasteiger partial charge in [0.15, 0.2) is 0 Å². The summed E-state index contributed by atoms with van der Waals surface area (Å²) < 4.78 is 2.19. The number of hydrogen-bond acceptors (Lipinski definition) is 2. The molecule has 0 saturated carbocycles. The minimum absolute atomic E-state index is 0.564. The van der Waals surface area contributed by atoms with Crippen LogP contribution >= 0.6 is 0 Å². The van der Waals surface area contributed by atoms with E-state index in [1.165, 1.54) is 0 Å². The molecule has 0 aliphatic carbocycles. The first kappa shape index (κ1) is 14.1. The second-order valence-corrected chi connectivity index (χ2v) is 5.12. The third-order valence-corrected chi connectivity index (χ3v) is 3.58. The van der Waals surface area contributed by atoms with Crippen LogP contribution in [0.25, 0.3) is 23.2 Å². The smallest absolute Gasteiger partial charge is 0.133 e. The van der Waals surface area contributed by atoms with Gasteiger partial charge in [-0.3, -0.25) is 0 Å². The molecule has 0 bridgehead atoms. The molecule has 2 aromatic carbocycles. The third kappa shape index (κ3) is 3.07. The van der Waals surface area contributed by atoms with E-state index in [9.17, 15) is 0 Å². The lowest BCUT2D eigenvalue weighted by Crippen LogP contribution is -2.00. The summed E-state index contributed by atoms with van der Waals surface area (Å²) in [6, 6.07) is 20.5. The quantitative estimate of drug-likeness (QED) is 0.648. The minimum atomic E-state index is 0.564. The number of para-hydroxylation sites is 2. The fourth-order valence-electron chi connectivity index (χ4n) is 2.51. The number of hydrogen-bond donors (Lipinski definition) is 0. The van der Waals surface area contributed by atoms with E-state index in [1.54, 1.807) is 0 Å². The Morgan fingerprint density at radius 1 is 1.00 bits per heavy atom. The van der Waals surface area contributed by atoms with Crippen molar-refractivity contribution in [2.75, 3.05) is 0 Å². The second-order valence-electron chi connectivity index (χ2n) is 5.12. The molecule has 3 aromatic rings. The first-order valence-corrected chi connectivity index (χ1v) is 7.44. The molecule has 1 aromatic heterocycles. The first-order chi connectivity index (χ1) is 10.9. The van der Waals surface area contributed by atoms with Crippen LogP contribution in [0.3, 0.4) is 0 Å². The van der Waals surface area contributed by atoms with E-state index in [-0.39, 0.29) is 0 Å². The largest absolute Gasteiger partial charge is 0.324 e. The number of benzene rings is 2. The zero-order valence-corrected chi connectivity index (χ0v) is 12.3. The lowest BCUT2D eigenvalue weighted by atomic mass is 10.2. The maximum atomic E-state index is 8.74. The van der Waals surface area contributed by atoms with Crippen LogP contribution in [0, 0.1) is 11.3 Å². The van der Waals surface area contributed by atoms with Crippen LogP contribution in [0.1, 0.15) is 24.2 Å². The topological polar surface area (TPSA) is 41.6 Å². The molecule has 0 spiro atoms. The molecular formula is C19H17N3. The van der Waals surface area contributed by atoms with Gasteiger partial charge in [0, 0.05) is 13.0 Å². The van der Waals surface area contributed by atoms with E-state index in [0.717, 1.165) is 35.4 Å². The van der Waals surface area contributed by atoms with Crippen LogP contribution in [-0.2, 0) is 6.54 Å². The molecule has 0 N–H and O–H groups in total. The number of rotatable bonds is 5. The van der Waals surface area contributed by atoms with Gasteiger partial charge in [-0.1, -0.05) is 48.5 Å². The molecule has 0 aliphatic rings. The molecule has 108 valence electrons. The molecule has 0 atom stereocenters. The van der Waals surface area contributed by atoms with Gasteiger partial charge in [-0.05, 0) is 30.2 Å². The standard InChI is InChI=1S/C19H17N3/c20-14-6-7-15-22-18-11-5-4-10-17(18)21-19(22)13-12-16-8-2-1-3-9-16/h1-5,8-13H,6-7,15H2/b13-12+. The molecule has 0 aliphatic heterocycles. The van der Waals surface area contributed by atoms with Gasteiger partial charge in [0.1, 0.15) is 5.82 Å². The zero-order chi connectivity index (χ0) is 15.2. The lowest BCUT2D eigenvalue weighted by Gasteiger charge is -2.05. The maximum Gasteiger partial charge on any atom is 0.133 e. The van der Waals surface area contributed by atoms with Crippen LogP contribution in [-0.4, -0.2) is 9.55 Å². The van der Waals surface area contributed by atoms with Gasteiger partial charge in [0.2, 0.25) is 0 Å². The summed E-state index contributed by atoms with van der Waals surface area (Å²) in [6.07, 6.45) is 5.51. The van der Waals surface area contributed by atoms with Crippen molar-refractivity contribution in [3.05, 3.63) is 66.0 Å². The minimum Gasteiger partial charge on any atom is -0.324 e. The number of nitrogens with zero attached hydrogens (tertiary/aromatic N) is 3. The van der Waals surface area contributed by atoms with Gasteiger partial charge in [-0.25, -0.2) is 4.98 Å². The van der Waals surface area contributed by atoms with E-state index in [0.29, 0.717) is 6.42 Å². The maximum absolute atomic E-state index is 8.74. The van der Waals surface area contributed by atoms with Gasteiger partial charge in [-0.2, -0.15) is 5.26 Å². The summed E-state index contributed by atoms with van der Waals surface area (Å²) in [7, 11) is 0. The Hall–Kier alpha value is -2.86. The Kier molecular flexibility index (Phi) is 4.31. The van der Waals surface area contributed by atoms with Crippen LogP contribution in [0.5, 0.6) is 0 Å². The van der Waals surface area contributed by atoms with Crippen molar-refractivity contribution in [3.63, 3.8) is 0 Å². The van der Waals surface area contributed by atoms with E-state index < -0.39 is 0 Å². The summed E-state index contributed by atoms with van der Waals surface area (Å²) in [6.45, 7) is 0.808. The normalized spacial score (nSPS) is 11.0. The highest BCUT2D eigenvalue weighted by atomic mass is 15.1. The van der Waals surface area contributed by atoms with Gasteiger partial charge < -0.3 is 4.57 Å². The average molecular weight is 287 g/mol. The predicted molar refractivity (Wildman–Crippen MR) is 90.0 cm³/mol. The highest BCUT2D eigenvalue weighted by Crippen LogP contribution is 2.18. The highest BCUT2D eigenvalue weighted by molar-refractivity contribution is 5.79. The van der Waals surface area contributed by atoms with E-state index in [4.69, 9.17) is 10.2 Å². The molecule has 0 fully saturated rings. The molecule has 0 saturated heterocycles. The van der Waals surface area contributed by atoms with Crippen molar-refractivity contribution < 1.29 is 0 Å². The lowest BCUT2D eigenvalue weighted by molar-refractivity contribution is 0.664. The number of aryl methyl sites for hydroxylation is 1. The molecule has 22 heavy (non-hydrogen) atoms. The van der Waals surface area contributed by atoms with Crippen molar-refractivity contribution in [2.24, 2.45) is 0 Å². The number of nitriles is 1.